The molecule has 1 aliphatic heterocycles. The van der Waals surface area contributed by atoms with Gasteiger partial charge in [-0.3, -0.25) is 4.79 Å². The molecule has 3 heteroatoms. The van der Waals surface area contributed by atoms with Crippen LogP contribution in [0.1, 0.15) is 39.0 Å². The molecular weight excluding hydrogens is 200 g/mol. The third kappa shape index (κ3) is 2.97. The molecule has 1 saturated carbocycles. The van der Waals surface area contributed by atoms with E-state index in [0.29, 0.717) is 17.9 Å². The number of amides is 1. The van der Waals surface area contributed by atoms with Crippen LogP contribution < -0.4 is 5.32 Å². The summed E-state index contributed by atoms with van der Waals surface area (Å²) in [5.74, 6) is 1.26. The fourth-order valence-corrected chi connectivity index (χ4v) is 2.65. The van der Waals surface area contributed by atoms with Gasteiger partial charge in [-0.25, -0.2) is 0 Å². The summed E-state index contributed by atoms with van der Waals surface area (Å²) in [6.45, 7) is 4.09. The fraction of sp³-hybridized carbons (Fsp3) is 0.923. The summed E-state index contributed by atoms with van der Waals surface area (Å²) in [4.78, 5) is 14.0. The number of nitrogens with one attached hydrogen (secondary N) is 1. The zero-order valence-electron chi connectivity index (χ0n) is 10.5. The summed E-state index contributed by atoms with van der Waals surface area (Å²) in [5.41, 5.74) is 0. The summed E-state index contributed by atoms with van der Waals surface area (Å²) in [6, 6.07) is 0.522. The van der Waals surface area contributed by atoms with Gasteiger partial charge < -0.3 is 10.2 Å². The van der Waals surface area contributed by atoms with Gasteiger partial charge >= 0.3 is 0 Å². The molecule has 3 nitrogen and oxygen atoms in total. The van der Waals surface area contributed by atoms with Crippen molar-refractivity contribution in [2.45, 2.75) is 45.1 Å². The van der Waals surface area contributed by atoms with Crippen molar-refractivity contribution in [3.8, 4) is 0 Å². The number of carbonyl (C=O) groups is 1. The predicted molar refractivity (Wildman–Crippen MR) is 65.2 cm³/mol. The van der Waals surface area contributed by atoms with E-state index in [-0.39, 0.29) is 5.92 Å². The predicted octanol–water partition coefficient (Wildman–Crippen LogP) is 1.63. The first-order valence-corrected chi connectivity index (χ1v) is 6.67. The molecule has 2 aliphatic rings. The van der Waals surface area contributed by atoms with Crippen LogP contribution in [0.15, 0.2) is 0 Å². The summed E-state index contributed by atoms with van der Waals surface area (Å²) < 4.78 is 0. The monoisotopic (exact) mass is 224 g/mol. The largest absolute Gasteiger partial charge is 0.344 e. The zero-order chi connectivity index (χ0) is 11.5. The summed E-state index contributed by atoms with van der Waals surface area (Å²) in [7, 11) is 1.96. The van der Waals surface area contributed by atoms with Crippen molar-refractivity contribution in [1.82, 2.24) is 10.2 Å². The smallest absolute Gasteiger partial charge is 0.225 e. The van der Waals surface area contributed by atoms with Crippen molar-refractivity contribution in [3.63, 3.8) is 0 Å². The Morgan fingerprint density at radius 1 is 1.38 bits per heavy atom. The fourth-order valence-electron chi connectivity index (χ4n) is 2.65. The summed E-state index contributed by atoms with van der Waals surface area (Å²) in [5, 5.41) is 3.49. The number of likely N-dealkylation sites (N-methyl/N-ethyl adjacent to an activating group) is 1. The number of rotatable bonds is 4. The van der Waals surface area contributed by atoms with Gasteiger partial charge in [-0.1, -0.05) is 13.3 Å². The van der Waals surface area contributed by atoms with Crippen molar-refractivity contribution >= 4 is 5.91 Å². The van der Waals surface area contributed by atoms with Crippen LogP contribution in [0.25, 0.3) is 0 Å². The minimum atomic E-state index is 0.244. The maximum atomic E-state index is 12.1. The Hall–Kier alpha value is -0.570. The Morgan fingerprint density at radius 3 is 2.69 bits per heavy atom. The van der Waals surface area contributed by atoms with E-state index in [1.54, 1.807) is 0 Å². The van der Waals surface area contributed by atoms with Gasteiger partial charge in [-0.15, -0.1) is 0 Å². The number of piperidine rings is 1. The summed E-state index contributed by atoms with van der Waals surface area (Å²) >= 11 is 0. The van der Waals surface area contributed by atoms with Crippen molar-refractivity contribution in [1.29, 1.82) is 0 Å². The lowest BCUT2D eigenvalue weighted by molar-refractivity contribution is -0.134. The SMILES string of the molecule is CC(C(=O)N(C)CC1CCCCN1)C1CC1. The topological polar surface area (TPSA) is 32.3 Å². The molecule has 1 amide bonds. The first kappa shape index (κ1) is 11.9. The van der Waals surface area contributed by atoms with Crippen molar-refractivity contribution in [3.05, 3.63) is 0 Å². The molecule has 16 heavy (non-hydrogen) atoms. The van der Waals surface area contributed by atoms with Gasteiger partial charge in [0.25, 0.3) is 0 Å². The normalized spacial score (nSPS) is 27.5. The van der Waals surface area contributed by atoms with E-state index in [2.05, 4.69) is 12.2 Å². The molecule has 0 spiro atoms. The van der Waals surface area contributed by atoms with Crippen molar-refractivity contribution in [2.75, 3.05) is 20.1 Å². The Bertz CT molecular complexity index is 244. The van der Waals surface area contributed by atoms with Crippen LogP contribution in [0.3, 0.4) is 0 Å². The van der Waals surface area contributed by atoms with Crippen molar-refractivity contribution < 1.29 is 4.79 Å². The lowest BCUT2D eigenvalue weighted by atomic mass is 10.0. The maximum Gasteiger partial charge on any atom is 0.225 e. The quantitative estimate of drug-likeness (QED) is 0.787. The van der Waals surface area contributed by atoms with E-state index in [1.807, 2.05) is 11.9 Å². The van der Waals surface area contributed by atoms with E-state index < -0.39 is 0 Å². The highest BCUT2D eigenvalue weighted by atomic mass is 16.2. The minimum absolute atomic E-state index is 0.244. The third-order valence-corrected chi connectivity index (χ3v) is 4.00. The first-order chi connectivity index (χ1) is 7.68. The summed E-state index contributed by atoms with van der Waals surface area (Å²) in [6.07, 6.45) is 6.31. The number of hydrogen-bond acceptors (Lipinski definition) is 2. The van der Waals surface area contributed by atoms with Gasteiger partial charge in [0.2, 0.25) is 5.91 Å². The molecule has 0 aromatic carbocycles. The van der Waals surface area contributed by atoms with E-state index in [0.717, 1.165) is 13.1 Å². The van der Waals surface area contributed by atoms with E-state index in [4.69, 9.17) is 0 Å². The molecule has 0 aromatic rings. The van der Waals surface area contributed by atoms with Crippen LogP contribution >= 0.6 is 0 Å². The number of hydrogen-bond donors (Lipinski definition) is 1. The lowest BCUT2D eigenvalue weighted by Crippen LogP contribution is -2.45. The van der Waals surface area contributed by atoms with Gasteiger partial charge in [0.15, 0.2) is 0 Å². The average molecular weight is 224 g/mol. The van der Waals surface area contributed by atoms with Gasteiger partial charge in [-0.05, 0) is 38.1 Å². The first-order valence-electron chi connectivity index (χ1n) is 6.67. The molecule has 1 aliphatic carbocycles. The number of carbonyl (C=O) groups excluding carboxylic acids is 1. The lowest BCUT2D eigenvalue weighted by Gasteiger charge is -2.29. The highest BCUT2D eigenvalue weighted by molar-refractivity contribution is 5.78. The standard InChI is InChI=1S/C13H24N2O/c1-10(11-6-7-11)13(16)15(2)9-12-5-3-4-8-14-12/h10-12,14H,3-9H2,1-2H3. The molecule has 0 aromatic heterocycles. The van der Waals surface area contributed by atoms with Crippen LogP contribution in [0.4, 0.5) is 0 Å². The molecular formula is C13H24N2O. The molecule has 0 bridgehead atoms. The van der Waals surface area contributed by atoms with Gasteiger partial charge in [0, 0.05) is 25.6 Å². The molecule has 1 N–H and O–H groups in total. The zero-order valence-corrected chi connectivity index (χ0v) is 10.5. The minimum Gasteiger partial charge on any atom is -0.344 e. The van der Waals surface area contributed by atoms with Crippen LogP contribution in [-0.4, -0.2) is 37.0 Å². The van der Waals surface area contributed by atoms with E-state index in [9.17, 15) is 4.79 Å². The van der Waals surface area contributed by atoms with Crippen molar-refractivity contribution in [2.24, 2.45) is 11.8 Å². The van der Waals surface area contributed by atoms with Gasteiger partial charge in [0.05, 0.1) is 0 Å². The molecule has 0 radical (unpaired) electrons. The highest BCUT2D eigenvalue weighted by Crippen LogP contribution is 2.37. The molecule has 1 heterocycles. The molecule has 2 rings (SSSR count). The molecule has 1 saturated heterocycles. The van der Waals surface area contributed by atoms with E-state index >= 15 is 0 Å². The second-order valence-corrected chi connectivity index (χ2v) is 5.49. The molecule has 2 unspecified atom stereocenters. The Morgan fingerprint density at radius 2 is 2.12 bits per heavy atom. The molecule has 2 fully saturated rings. The third-order valence-electron chi connectivity index (χ3n) is 4.00. The Kier molecular flexibility index (Phi) is 3.85. The second kappa shape index (κ2) is 5.17. The molecule has 2 atom stereocenters. The Balaban J connectivity index is 1.76. The number of nitrogens with zero attached hydrogens (tertiary/aromatic N) is 1. The average Bonchev–Trinajstić information content (AvgIpc) is 3.12. The second-order valence-electron chi connectivity index (χ2n) is 5.49. The van der Waals surface area contributed by atoms with Gasteiger partial charge in [-0.2, -0.15) is 0 Å². The van der Waals surface area contributed by atoms with Crippen LogP contribution in [0.5, 0.6) is 0 Å². The van der Waals surface area contributed by atoms with Gasteiger partial charge in [0.1, 0.15) is 0 Å². The highest BCUT2D eigenvalue weighted by Gasteiger charge is 2.34. The van der Waals surface area contributed by atoms with E-state index in [1.165, 1.54) is 32.1 Å². The maximum absolute atomic E-state index is 12.1. The van der Waals surface area contributed by atoms with Crippen LogP contribution in [0.2, 0.25) is 0 Å². The van der Waals surface area contributed by atoms with Crippen LogP contribution in [0, 0.1) is 11.8 Å². The van der Waals surface area contributed by atoms with Crippen LogP contribution in [-0.2, 0) is 4.79 Å². The molecule has 92 valence electrons. The Labute approximate surface area is 98.6 Å².